The molecule has 0 saturated carbocycles. The van der Waals surface area contributed by atoms with Gasteiger partial charge in [-0.3, -0.25) is 23.6 Å². The highest BCUT2D eigenvalue weighted by molar-refractivity contribution is 6.31. The van der Waals surface area contributed by atoms with Crippen molar-refractivity contribution < 1.29 is 9.59 Å². The van der Waals surface area contributed by atoms with E-state index >= 15 is 0 Å². The second-order valence-electron chi connectivity index (χ2n) is 8.05. The molecule has 0 unspecified atom stereocenters. The summed E-state index contributed by atoms with van der Waals surface area (Å²) in [4.78, 5) is 25.9. The van der Waals surface area contributed by atoms with E-state index in [-0.39, 0.29) is 11.6 Å². The summed E-state index contributed by atoms with van der Waals surface area (Å²) in [6.45, 7) is 6.08. The maximum Gasteiger partial charge on any atom is 0.276 e. The highest BCUT2D eigenvalue weighted by Gasteiger charge is 2.21. The molecular formula is C23H25ClN8O2. The van der Waals surface area contributed by atoms with Gasteiger partial charge in [0.1, 0.15) is 5.69 Å². The fraction of sp³-hybridized carbons (Fsp3) is 0.261. The molecule has 0 aliphatic heterocycles. The van der Waals surface area contributed by atoms with Gasteiger partial charge in [0, 0.05) is 19.7 Å². The fourth-order valence-electron chi connectivity index (χ4n) is 3.61. The van der Waals surface area contributed by atoms with Crippen molar-refractivity contribution in [3.8, 4) is 0 Å². The van der Waals surface area contributed by atoms with Crippen molar-refractivity contribution in [2.45, 2.75) is 27.3 Å². The smallest absolute Gasteiger partial charge is 0.276 e. The predicted octanol–water partition coefficient (Wildman–Crippen LogP) is 3.48. The van der Waals surface area contributed by atoms with Gasteiger partial charge in [0.05, 0.1) is 52.4 Å². The van der Waals surface area contributed by atoms with Crippen LogP contribution in [-0.4, -0.2) is 41.2 Å². The van der Waals surface area contributed by atoms with E-state index in [4.69, 9.17) is 11.6 Å². The lowest BCUT2D eigenvalue weighted by Crippen LogP contribution is -2.20. The van der Waals surface area contributed by atoms with Crippen LogP contribution in [0.3, 0.4) is 0 Å². The standard InChI is InChI=1S/C23H25ClN8O2/c1-13-20(24)15(3)32(29-13)12-16-7-6-8-17(9-16)22(33)28-19-11-26-31(5)21(19)23(34)27-18-10-25-30(4)14(18)2/h6-11H,12H2,1-5H3,(H,27,34)(H,28,33). The molecule has 11 heteroatoms. The normalized spacial score (nSPS) is 11.0. The maximum absolute atomic E-state index is 13.0. The summed E-state index contributed by atoms with van der Waals surface area (Å²) in [5, 5.41) is 19.0. The Morgan fingerprint density at radius 1 is 0.941 bits per heavy atom. The van der Waals surface area contributed by atoms with Gasteiger partial charge in [0.25, 0.3) is 11.8 Å². The van der Waals surface area contributed by atoms with Crippen molar-refractivity contribution >= 4 is 34.8 Å². The maximum atomic E-state index is 13.0. The zero-order chi connectivity index (χ0) is 24.6. The summed E-state index contributed by atoms with van der Waals surface area (Å²) in [5.74, 6) is -0.755. The Labute approximate surface area is 201 Å². The monoisotopic (exact) mass is 480 g/mol. The lowest BCUT2D eigenvalue weighted by Gasteiger charge is -2.10. The molecule has 0 aliphatic rings. The molecule has 4 aromatic rings. The molecule has 10 nitrogen and oxygen atoms in total. The molecule has 0 spiro atoms. The number of hydrogen-bond acceptors (Lipinski definition) is 5. The number of nitrogens with one attached hydrogen (secondary N) is 2. The van der Waals surface area contributed by atoms with Crippen LogP contribution in [0.4, 0.5) is 11.4 Å². The fourth-order valence-corrected chi connectivity index (χ4v) is 3.74. The van der Waals surface area contributed by atoms with Gasteiger partial charge < -0.3 is 10.6 Å². The number of aromatic nitrogens is 6. The van der Waals surface area contributed by atoms with Crippen molar-refractivity contribution in [3.05, 3.63) is 75.6 Å². The van der Waals surface area contributed by atoms with E-state index in [1.165, 1.54) is 10.9 Å². The molecule has 0 saturated heterocycles. The molecule has 2 amide bonds. The Morgan fingerprint density at radius 2 is 1.62 bits per heavy atom. The van der Waals surface area contributed by atoms with Crippen LogP contribution in [0, 0.1) is 20.8 Å². The number of halogens is 1. The van der Waals surface area contributed by atoms with Gasteiger partial charge in [0.15, 0.2) is 0 Å². The molecule has 0 aliphatic carbocycles. The second-order valence-corrected chi connectivity index (χ2v) is 8.43. The Balaban J connectivity index is 1.52. The number of nitrogens with zero attached hydrogens (tertiary/aromatic N) is 6. The first-order valence-corrected chi connectivity index (χ1v) is 10.9. The first kappa shape index (κ1) is 23.2. The van der Waals surface area contributed by atoms with Gasteiger partial charge in [-0.1, -0.05) is 23.7 Å². The lowest BCUT2D eigenvalue weighted by molar-refractivity contribution is 0.101. The van der Waals surface area contributed by atoms with E-state index in [1.807, 2.05) is 26.8 Å². The van der Waals surface area contributed by atoms with Gasteiger partial charge in [-0.05, 0) is 38.5 Å². The Hall–Kier alpha value is -3.92. The minimum atomic E-state index is -0.401. The SMILES string of the molecule is Cc1nn(Cc2cccc(C(=O)Nc3cnn(C)c3C(=O)Nc3cnn(C)c3C)c2)c(C)c1Cl. The third kappa shape index (κ3) is 4.44. The highest BCUT2D eigenvalue weighted by atomic mass is 35.5. The quantitative estimate of drug-likeness (QED) is 0.439. The van der Waals surface area contributed by atoms with E-state index in [2.05, 4.69) is 25.9 Å². The van der Waals surface area contributed by atoms with Crippen LogP contribution in [0.5, 0.6) is 0 Å². The van der Waals surface area contributed by atoms with Crippen LogP contribution in [0.2, 0.25) is 5.02 Å². The van der Waals surface area contributed by atoms with Crippen molar-refractivity contribution in [3.63, 3.8) is 0 Å². The van der Waals surface area contributed by atoms with Crippen LogP contribution in [0.15, 0.2) is 36.7 Å². The number of anilines is 2. The molecular weight excluding hydrogens is 456 g/mol. The van der Waals surface area contributed by atoms with Gasteiger partial charge in [-0.2, -0.15) is 15.3 Å². The van der Waals surface area contributed by atoms with Crippen molar-refractivity contribution in [1.82, 2.24) is 29.3 Å². The van der Waals surface area contributed by atoms with Gasteiger partial charge in [0.2, 0.25) is 0 Å². The van der Waals surface area contributed by atoms with Crippen molar-refractivity contribution in [2.24, 2.45) is 14.1 Å². The van der Waals surface area contributed by atoms with Crippen LogP contribution < -0.4 is 10.6 Å². The van der Waals surface area contributed by atoms with E-state index < -0.39 is 5.91 Å². The molecule has 0 atom stereocenters. The van der Waals surface area contributed by atoms with E-state index in [9.17, 15) is 9.59 Å². The predicted molar refractivity (Wildman–Crippen MR) is 129 cm³/mol. The molecule has 0 radical (unpaired) electrons. The molecule has 4 rings (SSSR count). The highest BCUT2D eigenvalue weighted by Crippen LogP contribution is 2.22. The minimum absolute atomic E-state index is 0.227. The Bertz CT molecular complexity index is 1400. The largest absolute Gasteiger partial charge is 0.319 e. The third-order valence-corrected chi connectivity index (χ3v) is 6.25. The van der Waals surface area contributed by atoms with Gasteiger partial charge >= 0.3 is 0 Å². The number of benzene rings is 1. The average molecular weight is 481 g/mol. The number of amides is 2. The first-order valence-electron chi connectivity index (χ1n) is 10.6. The summed E-state index contributed by atoms with van der Waals surface area (Å²) < 4.78 is 4.88. The topological polar surface area (TPSA) is 112 Å². The van der Waals surface area contributed by atoms with Gasteiger partial charge in [-0.15, -0.1) is 0 Å². The Morgan fingerprint density at radius 3 is 2.26 bits per heavy atom. The summed E-state index contributed by atoms with van der Waals surface area (Å²) in [6.07, 6.45) is 3.02. The van der Waals surface area contributed by atoms with Crippen LogP contribution in [0.25, 0.3) is 0 Å². The molecule has 3 aromatic heterocycles. The van der Waals surface area contributed by atoms with Crippen LogP contribution in [-0.2, 0) is 20.6 Å². The summed E-state index contributed by atoms with van der Waals surface area (Å²) in [7, 11) is 3.43. The van der Waals surface area contributed by atoms with Crippen molar-refractivity contribution in [1.29, 1.82) is 0 Å². The molecule has 34 heavy (non-hydrogen) atoms. The average Bonchev–Trinajstić information content (AvgIpc) is 3.41. The number of hydrogen-bond donors (Lipinski definition) is 2. The minimum Gasteiger partial charge on any atom is -0.319 e. The van der Waals surface area contributed by atoms with E-state index in [0.717, 1.165) is 22.6 Å². The van der Waals surface area contributed by atoms with E-state index in [0.29, 0.717) is 28.5 Å². The zero-order valence-corrected chi connectivity index (χ0v) is 20.3. The molecule has 1 aromatic carbocycles. The third-order valence-electron chi connectivity index (χ3n) is 5.70. The van der Waals surface area contributed by atoms with Crippen LogP contribution in [0.1, 0.15) is 43.5 Å². The number of carbonyl (C=O) groups is 2. The summed E-state index contributed by atoms with van der Waals surface area (Å²) in [6, 6.07) is 7.22. The molecule has 176 valence electrons. The summed E-state index contributed by atoms with van der Waals surface area (Å²) >= 11 is 6.25. The van der Waals surface area contributed by atoms with Crippen LogP contribution >= 0.6 is 11.6 Å². The van der Waals surface area contributed by atoms with E-state index in [1.54, 1.807) is 47.9 Å². The number of aryl methyl sites for hydroxylation is 3. The van der Waals surface area contributed by atoms with Crippen molar-refractivity contribution in [2.75, 3.05) is 10.6 Å². The molecule has 2 N–H and O–H groups in total. The first-order chi connectivity index (χ1) is 16.2. The molecule has 0 fully saturated rings. The zero-order valence-electron chi connectivity index (χ0n) is 19.5. The molecule has 3 heterocycles. The number of carbonyl (C=O) groups excluding carboxylic acids is 2. The second kappa shape index (κ2) is 9.14. The number of rotatable bonds is 6. The molecule has 0 bridgehead atoms. The Kier molecular flexibility index (Phi) is 6.25. The summed E-state index contributed by atoms with van der Waals surface area (Å²) in [5.41, 5.74) is 4.90. The lowest BCUT2D eigenvalue weighted by atomic mass is 10.1. The van der Waals surface area contributed by atoms with Gasteiger partial charge in [-0.25, -0.2) is 0 Å².